The summed E-state index contributed by atoms with van der Waals surface area (Å²) in [4.78, 5) is 35.9. The van der Waals surface area contributed by atoms with Crippen molar-refractivity contribution in [3.8, 4) is 0 Å². The molecule has 0 aromatic carbocycles. The number of nitrogens with one attached hydrogen (secondary N) is 1. The second kappa shape index (κ2) is 5.28. The Morgan fingerprint density at radius 1 is 1.59 bits per heavy atom. The average Bonchev–Trinajstić information content (AvgIpc) is 2.75. The molecule has 17 heavy (non-hydrogen) atoms. The summed E-state index contributed by atoms with van der Waals surface area (Å²) < 4.78 is 0. The van der Waals surface area contributed by atoms with Crippen LogP contribution in [0.5, 0.6) is 0 Å². The van der Waals surface area contributed by atoms with E-state index in [0.29, 0.717) is 25.3 Å². The largest absolute Gasteiger partial charge is 0.480 e. The van der Waals surface area contributed by atoms with Gasteiger partial charge in [-0.1, -0.05) is 0 Å². The molecule has 2 aliphatic rings. The van der Waals surface area contributed by atoms with Crippen LogP contribution < -0.4 is 11.1 Å². The van der Waals surface area contributed by atoms with Crippen LogP contribution in [-0.2, 0) is 14.4 Å². The van der Waals surface area contributed by atoms with Gasteiger partial charge in [-0.3, -0.25) is 9.59 Å². The van der Waals surface area contributed by atoms with Gasteiger partial charge in [-0.15, -0.1) is 0 Å². The van der Waals surface area contributed by atoms with Gasteiger partial charge in [0, 0.05) is 13.5 Å². The number of hydrogen-bond donors (Lipinski definition) is 3. The van der Waals surface area contributed by atoms with Gasteiger partial charge in [0.1, 0.15) is 12.6 Å². The number of nitrogens with two attached hydrogens (primary N) is 1. The van der Waals surface area contributed by atoms with Gasteiger partial charge >= 0.3 is 5.97 Å². The highest BCUT2D eigenvalue weighted by atomic mass is 16.4. The third kappa shape index (κ3) is 3.74. The lowest BCUT2D eigenvalue weighted by atomic mass is 10.2. The zero-order chi connectivity index (χ0) is 13.0. The van der Waals surface area contributed by atoms with Crippen molar-refractivity contribution in [1.82, 2.24) is 10.2 Å². The standard InChI is InChI=1S/C5H7NO3.C4H7N3O/c7-4-2-1-3(6-4)5(8)9;1-7-2-3(8)6-4(7)5/h3H,1-2H2,(H,6,7)(H,8,9);2H2,1H3,(H2,5,6,8)/t3-;/m0./s1. The molecule has 0 unspecified atom stereocenters. The number of guanidine groups is 1. The molecule has 4 N–H and O–H groups in total. The molecule has 2 amide bonds. The molecule has 0 saturated carbocycles. The number of hydrogen-bond acceptors (Lipinski definition) is 5. The Labute approximate surface area is 97.5 Å². The highest BCUT2D eigenvalue weighted by Crippen LogP contribution is 2.05. The number of carbonyl (C=O) groups is 3. The van der Waals surface area contributed by atoms with Crippen LogP contribution in [0, 0.1) is 0 Å². The smallest absolute Gasteiger partial charge is 0.326 e. The number of likely N-dealkylation sites (N-methyl/N-ethyl adjacent to an activating group) is 1. The summed E-state index contributed by atoms with van der Waals surface area (Å²) >= 11 is 0. The van der Waals surface area contributed by atoms with Crippen LogP contribution in [0.3, 0.4) is 0 Å². The van der Waals surface area contributed by atoms with Gasteiger partial charge < -0.3 is 21.1 Å². The van der Waals surface area contributed by atoms with Crippen LogP contribution in [0.1, 0.15) is 12.8 Å². The monoisotopic (exact) mass is 242 g/mol. The van der Waals surface area contributed by atoms with E-state index in [-0.39, 0.29) is 11.8 Å². The Kier molecular flexibility index (Phi) is 4.02. The summed E-state index contributed by atoms with van der Waals surface area (Å²) in [6, 6.07) is -0.641. The maximum absolute atomic E-state index is 10.4. The summed E-state index contributed by atoms with van der Waals surface area (Å²) in [7, 11) is 1.73. The molecule has 1 saturated heterocycles. The molecule has 2 rings (SSSR count). The molecule has 94 valence electrons. The van der Waals surface area contributed by atoms with Crippen molar-refractivity contribution in [1.29, 1.82) is 0 Å². The van der Waals surface area contributed by atoms with Crippen LogP contribution in [0.25, 0.3) is 0 Å². The van der Waals surface area contributed by atoms with Gasteiger partial charge in [0.15, 0.2) is 5.96 Å². The maximum atomic E-state index is 10.4. The Morgan fingerprint density at radius 2 is 2.24 bits per heavy atom. The third-order valence-electron chi connectivity index (χ3n) is 2.30. The van der Waals surface area contributed by atoms with Crippen molar-refractivity contribution in [3.63, 3.8) is 0 Å². The van der Waals surface area contributed by atoms with E-state index in [1.807, 2.05) is 0 Å². The van der Waals surface area contributed by atoms with E-state index in [1.54, 1.807) is 11.9 Å². The molecule has 2 heterocycles. The minimum atomic E-state index is -0.944. The lowest BCUT2D eigenvalue weighted by molar-refractivity contribution is -0.140. The number of aliphatic imine (C=N–C) groups is 1. The fourth-order valence-corrected chi connectivity index (χ4v) is 1.33. The summed E-state index contributed by atoms with van der Waals surface area (Å²) in [6.07, 6.45) is 0.769. The zero-order valence-electron chi connectivity index (χ0n) is 9.34. The normalized spacial score (nSPS) is 22.8. The molecule has 0 bridgehead atoms. The quantitative estimate of drug-likeness (QED) is 0.494. The van der Waals surface area contributed by atoms with Crippen molar-refractivity contribution in [2.45, 2.75) is 18.9 Å². The van der Waals surface area contributed by atoms with Crippen LogP contribution >= 0.6 is 0 Å². The molecule has 1 atom stereocenters. The molecular weight excluding hydrogens is 228 g/mol. The van der Waals surface area contributed by atoms with Crippen molar-refractivity contribution in [2.75, 3.05) is 13.6 Å². The van der Waals surface area contributed by atoms with E-state index in [0.717, 1.165) is 0 Å². The van der Waals surface area contributed by atoms with Crippen LogP contribution in [-0.4, -0.2) is 53.4 Å². The molecule has 0 aromatic rings. The predicted octanol–water partition coefficient (Wildman–Crippen LogP) is -1.88. The summed E-state index contributed by atoms with van der Waals surface area (Å²) in [5.41, 5.74) is 5.22. The SMILES string of the molecule is CN1CC(=O)N=C1N.O=C1CC[C@@H](C(=O)O)N1. The fraction of sp³-hybridized carbons (Fsp3) is 0.556. The van der Waals surface area contributed by atoms with Crippen LogP contribution in [0.2, 0.25) is 0 Å². The first-order chi connectivity index (χ1) is 7.90. The second-order valence-corrected chi connectivity index (χ2v) is 3.72. The lowest BCUT2D eigenvalue weighted by Gasteiger charge is -2.05. The molecule has 0 aliphatic carbocycles. The molecule has 2 aliphatic heterocycles. The van der Waals surface area contributed by atoms with Crippen molar-refractivity contribution < 1.29 is 19.5 Å². The molecule has 0 spiro atoms. The first-order valence-electron chi connectivity index (χ1n) is 5.00. The van der Waals surface area contributed by atoms with Gasteiger partial charge in [-0.25, -0.2) is 4.79 Å². The van der Waals surface area contributed by atoms with Gasteiger partial charge in [0.05, 0.1) is 0 Å². The van der Waals surface area contributed by atoms with Gasteiger partial charge in [-0.05, 0) is 6.42 Å². The van der Waals surface area contributed by atoms with E-state index in [4.69, 9.17) is 10.8 Å². The topological polar surface area (TPSA) is 125 Å². The molecule has 8 nitrogen and oxygen atoms in total. The molecule has 8 heteroatoms. The average molecular weight is 242 g/mol. The molecule has 0 radical (unpaired) electrons. The van der Waals surface area contributed by atoms with Gasteiger partial charge in [0.2, 0.25) is 5.91 Å². The number of nitrogens with zero attached hydrogens (tertiary/aromatic N) is 2. The third-order valence-corrected chi connectivity index (χ3v) is 2.30. The van der Waals surface area contributed by atoms with Gasteiger partial charge in [-0.2, -0.15) is 4.99 Å². The van der Waals surface area contributed by atoms with Crippen molar-refractivity contribution in [2.24, 2.45) is 10.7 Å². The fourth-order valence-electron chi connectivity index (χ4n) is 1.33. The van der Waals surface area contributed by atoms with E-state index in [9.17, 15) is 14.4 Å². The van der Waals surface area contributed by atoms with Crippen molar-refractivity contribution in [3.05, 3.63) is 0 Å². The number of rotatable bonds is 1. The number of amides is 2. The summed E-state index contributed by atoms with van der Waals surface area (Å²) in [5, 5.41) is 10.6. The number of aliphatic carboxylic acids is 1. The first-order valence-corrected chi connectivity index (χ1v) is 5.00. The second-order valence-electron chi connectivity index (χ2n) is 3.72. The number of carboxylic acids is 1. The van der Waals surface area contributed by atoms with E-state index >= 15 is 0 Å². The number of carbonyl (C=O) groups excluding carboxylic acids is 2. The predicted molar refractivity (Wildman–Crippen MR) is 58.1 cm³/mol. The first kappa shape index (κ1) is 12.9. The lowest BCUT2D eigenvalue weighted by Crippen LogP contribution is -2.32. The molecule has 1 fully saturated rings. The van der Waals surface area contributed by atoms with E-state index in [1.165, 1.54) is 0 Å². The van der Waals surface area contributed by atoms with Crippen LogP contribution in [0.15, 0.2) is 4.99 Å². The minimum absolute atomic E-state index is 0.162. The highest BCUT2D eigenvalue weighted by molar-refractivity contribution is 5.99. The highest BCUT2D eigenvalue weighted by Gasteiger charge is 2.26. The van der Waals surface area contributed by atoms with Crippen LogP contribution in [0.4, 0.5) is 0 Å². The summed E-state index contributed by atoms with van der Waals surface area (Å²) in [5.74, 6) is -0.955. The van der Waals surface area contributed by atoms with Crippen molar-refractivity contribution >= 4 is 23.7 Å². The number of carboxylic acid groups (broad SMARTS) is 1. The van der Waals surface area contributed by atoms with E-state index < -0.39 is 12.0 Å². The zero-order valence-corrected chi connectivity index (χ0v) is 9.34. The minimum Gasteiger partial charge on any atom is -0.480 e. The Hall–Kier alpha value is -2.12. The Morgan fingerprint density at radius 3 is 2.41 bits per heavy atom. The molecule has 0 aromatic heterocycles. The Balaban J connectivity index is 0.000000171. The summed E-state index contributed by atoms with van der Waals surface area (Å²) in [6.45, 7) is 0.325. The maximum Gasteiger partial charge on any atom is 0.326 e. The Bertz CT molecular complexity index is 379. The van der Waals surface area contributed by atoms with Gasteiger partial charge in [0.25, 0.3) is 5.91 Å². The van der Waals surface area contributed by atoms with E-state index in [2.05, 4.69) is 10.3 Å². The molecular formula is C9H14N4O4.